The summed E-state index contributed by atoms with van der Waals surface area (Å²) < 4.78 is 5.51. The van der Waals surface area contributed by atoms with Crippen molar-refractivity contribution in [3.8, 4) is 5.75 Å². The molecular weight excluding hydrogens is 282 g/mol. The molecule has 5 atom stereocenters. The van der Waals surface area contributed by atoms with Gasteiger partial charge in [0.15, 0.2) is 0 Å². The topological polar surface area (TPSA) is 21.3 Å². The molecule has 3 heteroatoms. The van der Waals surface area contributed by atoms with Gasteiger partial charge in [0.05, 0.1) is 7.11 Å². The van der Waals surface area contributed by atoms with Gasteiger partial charge in [-0.2, -0.15) is 0 Å². The average Bonchev–Trinajstić information content (AvgIpc) is 2.91. The molecule has 0 spiro atoms. The van der Waals surface area contributed by atoms with Crippen molar-refractivity contribution >= 4 is 11.6 Å². The summed E-state index contributed by atoms with van der Waals surface area (Å²) in [5.41, 5.74) is 1.24. The van der Waals surface area contributed by atoms with Crippen molar-refractivity contribution in [1.29, 1.82) is 0 Å². The number of hydrogen-bond acceptors (Lipinski definition) is 2. The molecule has 2 nitrogen and oxygen atoms in total. The Morgan fingerprint density at radius 3 is 2.62 bits per heavy atom. The summed E-state index contributed by atoms with van der Waals surface area (Å²) in [5, 5.41) is 4.38. The smallest absolute Gasteiger partial charge is 0.122 e. The van der Waals surface area contributed by atoms with Crippen LogP contribution in [0.25, 0.3) is 0 Å². The van der Waals surface area contributed by atoms with Gasteiger partial charge in [-0.1, -0.05) is 11.6 Å². The first kappa shape index (κ1) is 13.9. The second kappa shape index (κ2) is 5.17. The van der Waals surface area contributed by atoms with E-state index in [4.69, 9.17) is 16.3 Å². The first-order valence-electron chi connectivity index (χ1n) is 8.22. The molecule has 1 aromatic rings. The van der Waals surface area contributed by atoms with Gasteiger partial charge in [0.25, 0.3) is 0 Å². The largest absolute Gasteiger partial charge is 0.496 e. The molecule has 2 bridgehead atoms. The molecule has 4 rings (SSSR count). The van der Waals surface area contributed by atoms with Crippen LogP contribution in [-0.4, -0.2) is 20.2 Å². The minimum absolute atomic E-state index is 0.566. The highest BCUT2D eigenvalue weighted by Crippen LogP contribution is 2.70. The zero-order valence-corrected chi connectivity index (χ0v) is 13.6. The highest BCUT2D eigenvalue weighted by atomic mass is 35.5. The third kappa shape index (κ3) is 2.19. The number of benzene rings is 1. The van der Waals surface area contributed by atoms with Crippen molar-refractivity contribution in [1.82, 2.24) is 5.32 Å². The maximum Gasteiger partial charge on any atom is 0.122 e. The van der Waals surface area contributed by atoms with E-state index < -0.39 is 0 Å². The normalized spacial score (nSPS) is 37.4. The summed E-state index contributed by atoms with van der Waals surface area (Å²) in [5.74, 6) is 5.92. The maximum atomic E-state index is 6.17. The lowest BCUT2D eigenvalue weighted by Gasteiger charge is -2.21. The van der Waals surface area contributed by atoms with Crippen molar-refractivity contribution in [2.24, 2.45) is 29.6 Å². The van der Waals surface area contributed by atoms with E-state index in [1.54, 1.807) is 7.11 Å². The van der Waals surface area contributed by atoms with E-state index in [0.29, 0.717) is 6.04 Å². The van der Waals surface area contributed by atoms with E-state index >= 15 is 0 Å². The Kier molecular flexibility index (Phi) is 3.42. The number of halogens is 1. The summed E-state index contributed by atoms with van der Waals surface area (Å²) in [6.45, 7) is 0. The molecule has 0 aromatic heterocycles. The molecule has 0 amide bonds. The van der Waals surface area contributed by atoms with Crippen molar-refractivity contribution < 1.29 is 4.74 Å². The highest BCUT2D eigenvalue weighted by Gasteiger charge is 2.66. The van der Waals surface area contributed by atoms with Crippen LogP contribution in [0.4, 0.5) is 0 Å². The van der Waals surface area contributed by atoms with Crippen LogP contribution in [0.2, 0.25) is 5.02 Å². The first-order chi connectivity index (χ1) is 10.2. The second-order valence-corrected chi connectivity index (χ2v) is 7.56. The summed E-state index contributed by atoms with van der Waals surface area (Å²) in [4.78, 5) is 0. The van der Waals surface area contributed by atoms with Crippen LogP contribution in [0.15, 0.2) is 18.2 Å². The molecule has 3 saturated carbocycles. The fourth-order valence-electron chi connectivity index (χ4n) is 5.50. The molecule has 3 aliphatic rings. The average molecular weight is 306 g/mol. The van der Waals surface area contributed by atoms with E-state index in [9.17, 15) is 0 Å². The molecule has 114 valence electrons. The Morgan fingerprint density at radius 1 is 1.29 bits per heavy atom. The van der Waals surface area contributed by atoms with Gasteiger partial charge < -0.3 is 10.1 Å². The number of nitrogens with one attached hydrogen (secondary N) is 1. The third-order valence-electron chi connectivity index (χ3n) is 6.31. The maximum absolute atomic E-state index is 6.17. The monoisotopic (exact) mass is 305 g/mol. The fourth-order valence-corrected chi connectivity index (χ4v) is 5.70. The molecule has 0 saturated heterocycles. The van der Waals surface area contributed by atoms with Crippen molar-refractivity contribution in [2.75, 3.05) is 14.2 Å². The van der Waals surface area contributed by atoms with Crippen LogP contribution in [-0.2, 0) is 6.42 Å². The molecule has 0 radical (unpaired) electrons. The minimum Gasteiger partial charge on any atom is -0.496 e. The molecular formula is C18H24ClNO. The number of methoxy groups -OCH3 is 1. The summed E-state index contributed by atoms with van der Waals surface area (Å²) in [6, 6.07) is 6.53. The number of ether oxygens (including phenoxy) is 1. The fraction of sp³-hybridized carbons (Fsp3) is 0.667. The molecule has 21 heavy (non-hydrogen) atoms. The lowest BCUT2D eigenvalue weighted by atomic mass is 9.93. The van der Waals surface area contributed by atoms with E-state index in [1.165, 1.54) is 24.8 Å². The van der Waals surface area contributed by atoms with Crippen LogP contribution in [0.1, 0.15) is 24.8 Å². The Morgan fingerprint density at radius 2 is 2.00 bits per heavy atom. The van der Waals surface area contributed by atoms with Gasteiger partial charge >= 0.3 is 0 Å². The predicted molar refractivity (Wildman–Crippen MR) is 85.9 cm³/mol. The van der Waals surface area contributed by atoms with E-state index in [1.807, 2.05) is 12.1 Å². The second-order valence-electron chi connectivity index (χ2n) is 7.12. The lowest BCUT2D eigenvalue weighted by molar-refractivity contribution is 0.367. The molecule has 5 unspecified atom stereocenters. The van der Waals surface area contributed by atoms with E-state index in [2.05, 4.69) is 18.4 Å². The van der Waals surface area contributed by atoms with Crippen LogP contribution < -0.4 is 10.1 Å². The van der Waals surface area contributed by atoms with Gasteiger partial charge in [-0.05, 0) is 86.1 Å². The predicted octanol–water partition coefficient (Wildman–Crippen LogP) is 3.77. The van der Waals surface area contributed by atoms with Crippen LogP contribution >= 0.6 is 11.6 Å². The number of likely N-dealkylation sites (N-methyl/N-ethyl adjacent to an activating group) is 1. The quantitative estimate of drug-likeness (QED) is 0.894. The zero-order valence-electron chi connectivity index (χ0n) is 12.8. The Hall–Kier alpha value is -0.730. The molecule has 0 aliphatic heterocycles. The van der Waals surface area contributed by atoms with E-state index in [-0.39, 0.29) is 0 Å². The molecule has 3 aliphatic carbocycles. The summed E-state index contributed by atoms with van der Waals surface area (Å²) in [6.07, 6.45) is 5.51. The van der Waals surface area contributed by atoms with Gasteiger partial charge in [-0.3, -0.25) is 0 Å². The summed E-state index contributed by atoms with van der Waals surface area (Å²) in [7, 11) is 3.85. The third-order valence-corrected chi connectivity index (χ3v) is 6.55. The number of hydrogen-bond donors (Lipinski definition) is 1. The highest BCUT2D eigenvalue weighted by molar-refractivity contribution is 6.30. The lowest BCUT2D eigenvalue weighted by Crippen LogP contribution is -2.32. The molecule has 3 fully saturated rings. The molecule has 1 aromatic carbocycles. The Balaban J connectivity index is 1.52. The van der Waals surface area contributed by atoms with Crippen LogP contribution in [0.5, 0.6) is 5.75 Å². The van der Waals surface area contributed by atoms with Crippen LogP contribution in [0, 0.1) is 29.6 Å². The Bertz CT molecular complexity index is 530. The van der Waals surface area contributed by atoms with Crippen LogP contribution in [0.3, 0.4) is 0 Å². The van der Waals surface area contributed by atoms with Gasteiger partial charge in [0, 0.05) is 11.1 Å². The SMILES string of the molecule is CNC(Cc1cc(Cl)ccc1OC)C1C2C3CCC(C3)C21. The summed E-state index contributed by atoms with van der Waals surface area (Å²) >= 11 is 6.17. The van der Waals surface area contributed by atoms with Gasteiger partial charge in [0.1, 0.15) is 5.75 Å². The van der Waals surface area contributed by atoms with Gasteiger partial charge in [0.2, 0.25) is 0 Å². The van der Waals surface area contributed by atoms with Crippen molar-refractivity contribution in [3.63, 3.8) is 0 Å². The first-order valence-corrected chi connectivity index (χ1v) is 8.60. The number of rotatable bonds is 5. The van der Waals surface area contributed by atoms with Crippen molar-refractivity contribution in [2.45, 2.75) is 31.7 Å². The Labute approximate surface area is 132 Å². The standard InChI is InChI=1S/C18H24ClNO/c1-20-14(9-12-8-13(19)5-6-15(12)21-2)18-16-10-3-4-11(7-10)17(16)18/h5-6,8,10-11,14,16-18,20H,3-4,7,9H2,1-2H3. The molecule has 1 N–H and O–H groups in total. The van der Waals surface area contributed by atoms with E-state index in [0.717, 1.165) is 46.8 Å². The zero-order chi connectivity index (χ0) is 14.6. The minimum atomic E-state index is 0.566. The van der Waals surface area contributed by atoms with Gasteiger partial charge in [-0.15, -0.1) is 0 Å². The molecule has 0 heterocycles. The van der Waals surface area contributed by atoms with Crippen molar-refractivity contribution in [3.05, 3.63) is 28.8 Å². The van der Waals surface area contributed by atoms with Gasteiger partial charge in [-0.25, -0.2) is 0 Å². The number of fused-ring (bicyclic) bond motifs is 5.